The van der Waals surface area contributed by atoms with Crippen LogP contribution in [0, 0.1) is 0 Å². The third-order valence-electron chi connectivity index (χ3n) is 2.84. The molecule has 0 bridgehead atoms. The Bertz CT molecular complexity index is 555. The van der Waals surface area contributed by atoms with Crippen LogP contribution in [0.5, 0.6) is 0 Å². The third-order valence-corrected chi connectivity index (χ3v) is 4.39. The lowest BCUT2D eigenvalue weighted by atomic mass is 10.1. The van der Waals surface area contributed by atoms with E-state index in [4.69, 9.17) is 11.6 Å². The Morgan fingerprint density at radius 1 is 1.47 bits per heavy atom. The largest absolute Gasteiger partial charge is 0.310 e. The molecule has 0 aliphatic heterocycles. The summed E-state index contributed by atoms with van der Waals surface area (Å²) in [6.45, 7) is 5.16. The molecule has 2 rings (SSSR count). The van der Waals surface area contributed by atoms with E-state index in [-0.39, 0.29) is 0 Å². The second kappa shape index (κ2) is 6.41. The Hall–Kier alpha value is -1.04. The molecule has 0 spiro atoms. The zero-order chi connectivity index (χ0) is 13.8. The lowest BCUT2D eigenvalue weighted by Gasteiger charge is -2.14. The van der Waals surface area contributed by atoms with Gasteiger partial charge in [-0.15, -0.1) is 0 Å². The maximum absolute atomic E-state index is 6.34. The Labute approximate surface area is 122 Å². The number of aromatic nitrogens is 3. The van der Waals surface area contributed by atoms with E-state index in [2.05, 4.69) is 35.3 Å². The Kier molecular flexibility index (Phi) is 4.85. The molecule has 1 aromatic carbocycles. The fourth-order valence-corrected chi connectivity index (χ4v) is 2.84. The summed E-state index contributed by atoms with van der Waals surface area (Å²) in [6.07, 6.45) is 1.54. The van der Waals surface area contributed by atoms with Gasteiger partial charge in [0.25, 0.3) is 0 Å². The molecular weight excluding hydrogens is 280 g/mol. The molecule has 6 heteroatoms. The molecule has 0 saturated heterocycles. The summed E-state index contributed by atoms with van der Waals surface area (Å²) in [5.74, 6) is 0. The first-order valence-electron chi connectivity index (χ1n) is 6.16. The van der Waals surface area contributed by atoms with Crippen molar-refractivity contribution in [3.05, 3.63) is 35.1 Å². The molecule has 19 heavy (non-hydrogen) atoms. The molecule has 1 unspecified atom stereocenters. The Balaban J connectivity index is 2.18. The molecule has 0 aliphatic carbocycles. The van der Waals surface area contributed by atoms with Crippen molar-refractivity contribution in [2.24, 2.45) is 7.05 Å². The quantitative estimate of drug-likeness (QED) is 0.919. The third kappa shape index (κ3) is 3.49. The molecule has 2 aromatic rings. The predicted molar refractivity (Wildman–Crippen MR) is 78.7 cm³/mol. The number of hydrogen-bond donors (Lipinski definition) is 1. The van der Waals surface area contributed by atoms with E-state index in [1.165, 1.54) is 23.7 Å². The molecule has 102 valence electrons. The van der Waals surface area contributed by atoms with Crippen molar-refractivity contribution in [1.82, 2.24) is 20.1 Å². The van der Waals surface area contributed by atoms with Gasteiger partial charge in [0.1, 0.15) is 6.33 Å². The number of benzene rings is 1. The summed E-state index contributed by atoms with van der Waals surface area (Å²) in [5.41, 5.74) is 1.19. The smallest absolute Gasteiger partial charge is 0.190 e. The van der Waals surface area contributed by atoms with Crippen molar-refractivity contribution in [3.8, 4) is 0 Å². The van der Waals surface area contributed by atoms with Crippen molar-refractivity contribution in [2.45, 2.75) is 29.9 Å². The van der Waals surface area contributed by atoms with Crippen molar-refractivity contribution < 1.29 is 0 Å². The number of rotatable bonds is 5. The number of aryl methyl sites for hydroxylation is 1. The van der Waals surface area contributed by atoms with E-state index >= 15 is 0 Å². The molecule has 1 heterocycles. The second-order valence-corrected chi connectivity index (χ2v) is 5.65. The predicted octanol–water partition coefficient (Wildman–Crippen LogP) is 3.29. The van der Waals surface area contributed by atoms with Gasteiger partial charge in [-0.3, -0.25) is 0 Å². The minimum Gasteiger partial charge on any atom is -0.310 e. The maximum atomic E-state index is 6.34. The van der Waals surface area contributed by atoms with Gasteiger partial charge in [0.15, 0.2) is 5.16 Å². The van der Waals surface area contributed by atoms with E-state index < -0.39 is 0 Å². The van der Waals surface area contributed by atoms with Crippen LogP contribution in [-0.4, -0.2) is 21.3 Å². The number of nitrogens with one attached hydrogen (secondary N) is 1. The van der Waals surface area contributed by atoms with Crippen LogP contribution < -0.4 is 5.32 Å². The highest BCUT2D eigenvalue weighted by Crippen LogP contribution is 2.33. The average Bonchev–Trinajstić information content (AvgIpc) is 2.78. The monoisotopic (exact) mass is 296 g/mol. The van der Waals surface area contributed by atoms with Gasteiger partial charge in [-0.25, -0.2) is 9.67 Å². The second-order valence-electron chi connectivity index (χ2n) is 4.24. The summed E-state index contributed by atoms with van der Waals surface area (Å²) in [4.78, 5) is 5.17. The molecular formula is C13H17ClN4S. The van der Waals surface area contributed by atoms with Gasteiger partial charge in [0.05, 0.1) is 5.02 Å². The van der Waals surface area contributed by atoms with Gasteiger partial charge in [-0.2, -0.15) is 5.10 Å². The van der Waals surface area contributed by atoms with Crippen molar-refractivity contribution in [2.75, 3.05) is 6.54 Å². The molecule has 0 amide bonds. The molecule has 0 saturated carbocycles. The molecule has 1 aromatic heterocycles. The van der Waals surface area contributed by atoms with Gasteiger partial charge in [-0.05, 0) is 42.9 Å². The van der Waals surface area contributed by atoms with Gasteiger partial charge >= 0.3 is 0 Å². The van der Waals surface area contributed by atoms with Gasteiger partial charge in [0.2, 0.25) is 0 Å². The van der Waals surface area contributed by atoms with Gasteiger partial charge < -0.3 is 5.32 Å². The highest BCUT2D eigenvalue weighted by Gasteiger charge is 2.10. The maximum Gasteiger partial charge on any atom is 0.190 e. The fourth-order valence-electron chi connectivity index (χ4n) is 1.77. The summed E-state index contributed by atoms with van der Waals surface area (Å²) in [5, 5.41) is 8.99. The SMILES string of the molecule is CCNC(C)c1ccc(Sc2ncnn2C)c(Cl)c1. The normalized spacial score (nSPS) is 12.6. The first kappa shape index (κ1) is 14.4. The van der Waals surface area contributed by atoms with Crippen LogP contribution >= 0.6 is 23.4 Å². The standard InChI is InChI=1S/C13H17ClN4S/c1-4-15-9(2)10-5-6-12(11(14)7-10)19-13-16-8-17-18(13)3/h5-9,15H,4H2,1-3H3. The molecule has 4 nitrogen and oxygen atoms in total. The lowest BCUT2D eigenvalue weighted by Crippen LogP contribution is -2.17. The lowest BCUT2D eigenvalue weighted by molar-refractivity contribution is 0.598. The summed E-state index contributed by atoms with van der Waals surface area (Å²) >= 11 is 7.86. The minimum atomic E-state index is 0.302. The van der Waals surface area contributed by atoms with Gasteiger partial charge in [-0.1, -0.05) is 24.6 Å². The summed E-state index contributed by atoms with van der Waals surface area (Å²) in [7, 11) is 1.87. The summed E-state index contributed by atoms with van der Waals surface area (Å²) in [6, 6.07) is 6.44. The van der Waals surface area contributed by atoms with Crippen molar-refractivity contribution in [3.63, 3.8) is 0 Å². The first-order valence-corrected chi connectivity index (χ1v) is 7.36. The molecule has 1 N–H and O–H groups in total. The Morgan fingerprint density at radius 2 is 2.26 bits per heavy atom. The molecule has 0 fully saturated rings. The molecule has 0 aliphatic rings. The Morgan fingerprint density at radius 3 is 2.84 bits per heavy atom. The van der Waals surface area contributed by atoms with Gasteiger partial charge in [0, 0.05) is 18.0 Å². The van der Waals surface area contributed by atoms with Crippen LogP contribution in [-0.2, 0) is 7.05 Å². The fraction of sp³-hybridized carbons (Fsp3) is 0.385. The zero-order valence-corrected chi connectivity index (χ0v) is 12.8. The van der Waals surface area contributed by atoms with Crippen molar-refractivity contribution in [1.29, 1.82) is 0 Å². The minimum absolute atomic E-state index is 0.302. The number of nitrogens with zero attached hydrogens (tertiary/aromatic N) is 3. The van der Waals surface area contributed by atoms with E-state index in [0.29, 0.717) is 6.04 Å². The topological polar surface area (TPSA) is 42.7 Å². The highest BCUT2D eigenvalue weighted by atomic mass is 35.5. The molecule has 1 atom stereocenters. The molecule has 0 radical (unpaired) electrons. The van der Waals surface area contributed by atoms with Crippen LogP contribution in [0.3, 0.4) is 0 Å². The van der Waals surface area contributed by atoms with E-state index in [9.17, 15) is 0 Å². The average molecular weight is 297 g/mol. The summed E-state index contributed by atoms with van der Waals surface area (Å²) < 4.78 is 1.73. The number of halogens is 1. The van der Waals surface area contributed by atoms with E-state index in [1.807, 2.05) is 19.2 Å². The van der Waals surface area contributed by atoms with Crippen LogP contribution in [0.2, 0.25) is 5.02 Å². The van der Waals surface area contributed by atoms with Crippen LogP contribution in [0.15, 0.2) is 34.6 Å². The van der Waals surface area contributed by atoms with Crippen LogP contribution in [0.1, 0.15) is 25.5 Å². The van der Waals surface area contributed by atoms with Crippen LogP contribution in [0.25, 0.3) is 0 Å². The number of hydrogen-bond acceptors (Lipinski definition) is 4. The van der Waals surface area contributed by atoms with E-state index in [0.717, 1.165) is 21.6 Å². The zero-order valence-electron chi connectivity index (χ0n) is 11.2. The highest BCUT2D eigenvalue weighted by molar-refractivity contribution is 7.99. The van der Waals surface area contributed by atoms with Crippen molar-refractivity contribution >= 4 is 23.4 Å². The van der Waals surface area contributed by atoms with Crippen LogP contribution in [0.4, 0.5) is 0 Å². The van der Waals surface area contributed by atoms with E-state index in [1.54, 1.807) is 4.68 Å². The first-order chi connectivity index (χ1) is 9.11.